The number of rotatable bonds is 4. The molecule has 94 valence electrons. The quantitative estimate of drug-likeness (QED) is 0.868. The minimum atomic E-state index is -0.126. The summed E-state index contributed by atoms with van der Waals surface area (Å²) in [6.07, 6.45) is 2.34. The molecule has 1 amide bonds. The second kappa shape index (κ2) is 5.98. The van der Waals surface area contributed by atoms with Crippen molar-refractivity contribution in [2.45, 2.75) is 19.4 Å². The molecule has 0 saturated carbocycles. The SMILES string of the molecule is CCC(NC(=O)c1ccc(Cl)nc1)c1cccs1. The van der Waals surface area contributed by atoms with Crippen molar-refractivity contribution in [3.05, 3.63) is 51.4 Å². The molecular weight excluding hydrogens is 268 g/mol. The first-order chi connectivity index (χ1) is 8.70. The van der Waals surface area contributed by atoms with Crippen LogP contribution in [0.3, 0.4) is 0 Å². The van der Waals surface area contributed by atoms with Gasteiger partial charge in [0.15, 0.2) is 0 Å². The third-order valence-electron chi connectivity index (χ3n) is 2.59. The van der Waals surface area contributed by atoms with Crippen LogP contribution < -0.4 is 5.32 Å². The van der Waals surface area contributed by atoms with E-state index < -0.39 is 0 Å². The van der Waals surface area contributed by atoms with Crippen molar-refractivity contribution >= 4 is 28.8 Å². The summed E-state index contributed by atoms with van der Waals surface area (Å²) < 4.78 is 0. The second-order valence-corrected chi connectivity index (χ2v) is 5.19. The molecule has 0 bridgehead atoms. The lowest BCUT2D eigenvalue weighted by molar-refractivity contribution is 0.0936. The lowest BCUT2D eigenvalue weighted by Gasteiger charge is -2.15. The maximum Gasteiger partial charge on any atom is 0.253 e. The van der Waals surface area contributed by atoms with E-state index >= 15 is 0 Å². The summed E-state index contributed by atoms with van der Waals surface area (Å²) in [7, 11) is 0. The van der Waals surface area contributed by atoms with Crippen molar-refractivity contribution in [3.63, 3.8) is 0 Å². The maximum absolute atomic E-state index is 12.0. The van der Waals surface area contributed by atoms with Crippen molar-refractivity contribution in [2.24, 2.45) is 0 Å². The van der Waals surface area contributed by atoms with Crippen LogP contribution in [0.5, 0.6) is 0 Å². The van der Waals surface area contributed by atoms with Crippen LogP contribution in [0.15, 0.2) is 35.8 Å². The van der Waals surface area contributed by atoms with E-state index in [-0.39, 0.29) is 11.9 Å². The highest BCUT2D eigenvalue weighted by Crippen LogP contribution is 2.22. The van der Waals surface area contributed by atoms with Crippen LogP contribution in [0.4, 0.5) is 0 Å². The summed E-state index contributed by atoms with van der Waals surface area (Å²) in [5, 5.41) is 5.39. The first kappa shape index (κ1) is 13.1. The molecule has 2 rings (SSSR count). The molecule has 0 aliphatic rings. The van der Waals surface area contributed by atoms with Gasteiger partial charge < -0.3 is 5.32 Å². The average Bonchev–Trinajstić information content (AvgIpc) is 2.90. The van der Waals surface area contributed by atoms with Crippen LogP contribution >= 0.6 is 22.9 Å². The summed E-state index contributed by atoms with van der Waals surface area (Å²) in [5.41, 5.74) is 0.523. The Hall–Kier alpha value is -1.39. The Bertz CT molecular complexity index is 510. The molecule has 0 saturated heterocycles. The fourth-order valence-electron chi connectivity index (χ4n) is 1.62. The number of hydrogen-bond donors (Lipinski definition) is 1. The van der Waals surface area contributed by atoms with Gasteiger partial charge in [0.2, 0.25) is 0 Å². The molecule has 0 fully saturated rings. The van der Waals surface area contributed by atoms with Gasteiger partial charge in [-0.1, -0.05) is 24.6 Å². The molecule has 2 aromatic rings. The predicted molar refractivity (Wildman–Crippen MR) is 74.1 cm³/mol. The van der Waals surface area contributed by atoms with E-state index in [0.717, 1.165) is 11.3 Å². The highest BCUT2D eigenvalue weighted by molar-refractivity contribution is 7.10. The monoisotopic (exact) mass is 280 g/mol. The molecule has 2 aromatic heterocycles. The molecule has 2 heterocycles. The van der Waals surface area contributed by atoms with Gasteiger partial charge >= 0.3 is 0 Å². The number of pyridine rings is 1. The normalized spacial score (nSPS) is 12.1. The molecule has 0 aromatic carbocycles. The van der Waals surface area contributed by atoms with Gasteiger partial charge in [-0.15, -0.1) is 11.3 Å². The fraction of sp³-hybridized carbons (Fsp3) is 0.231. The number of carbonyl (C=O) groups excluding carboxylic acids is 1. The minimum absolute atomic E-state index is 0.0492. The van der Waals surface area contributed by atoms with Crippen LogP contribution in [0.25, 0.3) is 0 Å². The number of halogens is 1. The second-order valence-electron chi connectivity index (χ2n) is 3.82. The van der Waals surface area contributed by atoms with Gasteiger partial charge in [0.25, 0.3) is 5.91 Å². The van der Waals surface area contributed by atoms with Gasteiger partial charge in [0, 0.05) is 11.1 Å². The molecule has 0 aliphatic carbocycles. The van der Waals surface area contributed by atoms with Crippen LogP contribution in [0, 0.1) is 0 Å². The smallest absolute Gasteiger partial charge is 0.253 e. The van der Waals surface area contributed by atoms with Crippen molar-refractivity contribution < 1.29 is 4.79 Å². The van der Waals surface area contributed by atoms with Gasteiger partial charge in [0.1, 0.15) is 5.15 Å². The number of carbonyl (C=O) groups is 1. The lowest BCUT2D eigenvalue weighted by atomic mass is 10.1. The van der Waals surface area contributed by atoms with Crippen molar-refractivity contribution in [2.75, 3.05) is 0 Å². The van der Waals surface area contributed by atoms with Gasteiger partial charge in [-0.3, -0.25) is 4.79 Å². The highest BCUT2D eigenvalue weighted by Gasteiger charge is 2.14. The van der Waals surface area contributed by atoms with Crippen molar-refractivity contribution in [1.29, 1.82) is 0 Å². The number of nitrogens with zero attached hydrogens (tertiary/aromatic N) is 1. The summed E-state index contributed by atoms with van der Waals surface area (Å²) in [6, 6.07) is 7.35. The zero-order valence-corrected chi connectivity index (χ0v) is 11.5. The van der Waals surface area contributed by atoms with E-state index in [1.807, 2.05) is 24.4 Å². The molecule has 0 spiro atoms. The largest absolute Gasteiger partial charge is 0.344 e. The molecule has 1 unspecified atom stereocenters. The zero-order valence-electron chi connectivity index (χ0n) is 9.89. The van der Waals surface area contributed by atoms with E-state index in [1.165, 1.54) is 6.20 Å². The lowest BCUT2D eigenvalue weighted by Crippen LogP contribution is -2.27. The van der Waals surface area contributed by atoms with Crippen molar-refractivity contribution in [1.82, 2.24) is 10.3 Å². The number of amides is 1. The summed E-state index contributed by atoms with van der Waals surface area (Å²) in [4.78, 5) is 17.1. The molecule has 0 radical (unpaired) electrons. The van der Waals surface area contributed by atoms with Gasteiger partial charge in [-0.2, -0.15) is 0 Å². The Morgan fingerprint density at radius 1 is 1.50 bits per heavy atom. The minimum Gasteiger partial charge on any atom is -0.344 e. The Kier molecular flexibility index (Phi) is 4.33. The van der Waals surface area contributed by atoms with Gasteiger partial charge in [-0.05, 0) is 30.0 Å². The standard InChI is InChI=1S/C13H13ClN2OS/c1-2-10(11-4-3-7-18-11)16-13(17)9-5-6-12(14)15-8-9/h3-8,10H,2H2,1H3,(H,16,17). The van der Waals surface area contributed by atoms with E-state index in [1.54, 1.807) is 23.5 Å². The molecule has 1 atom stereocenters. The van der Waals surface area contributed by atoms with E-state index in [4.69, 9.17) is 11.6 Å². The molecule has 18 heavy (non-hydrogen) atoms. The predicted octanol–water partition coefficient (Wildman–Crippen LogP) is 3.68. The Labute approximate surface area is 115 Å². The van der Waals surface area contributed by atoms with Gasteiger partial charge in [0.05, 0.1) is 11.6 Å². The Morgan fingerprint density at radius 2 is 2.33 bits per heavy atom. The molecule has 1 N–H and O–H groups in total. The average molecular weight is 281 g/mol. The van der Waals surface area contributed by atoms with Crippen LogP contribution in [0.1, 0.15) is 34.6 Å². The molecular formula is C13H13ClN2OS. The molecule has 0 aliphatic heterocycles. The van der Waals surface area contributed by atoms with Gasteiger partial charge in [-0.25, -0.2) is 4.98 Å². The van der Waals surface area contributed by atoms with E-state index in [2.05, 4.69) is 10.3 Å². The third-order valence-corrected chi connectivity index (χ3v) is 3.80. The topological polar surface area (TPSA) is 42.0 Å². The first-order valence-electron chi connectivity index (χ1n) is 5.66. The number of hydrogen-bond acceptors (Lipinski definition) is 3. The highest BCUT2D eigenvalue weighted by atomic mass is 35.5. The molecule has 5 heteroatoms. The summed E-state index contributed by atoms with van der Waals surface area (Å²) in [6.45, 7) is 2.05. The van der Waals surface area contributed by atoms with Crippen LogP contribution in [0.2, 0.25) is 5.15 Å². The van der Waals surface area contributed by atoms with Crippen LogP contribution in [-0.2, 0) is 0 Å². The van der Waals surface area contributed by atoms with Crippen molar-refractivity contribution in [3.8, 4) is 0 Å². The Morgan fingerprint density at radius 3 is 2.89 bits per heavy atom. The number of nitrogens with one attached hydrogen (secondary N) is 1. The number of thiophene rings is 1. The first-order valence-corrected chi connectivity index (χ1v) is 6.92. The summed E-state index contributed by atoms with van der Waals surface area (Å²) in [5.74, 6) is -0.126. The van der Waals surface area contributed by atoms with E-state index in [0.29, 0.717) is 10.7 Å². The maximum atomic E-state index is 12.0. The third kappa shape index (κ3) is 3.09. The fourth-order valence-corrected chi connectivity index (χ4v) is 2.59. The summed E-state index contributed by atoms with van der Waals surface area (Å²) >= 11 is 7.33. The number of aromatic nitrogens is 1. The van der Waals surface area contributed by atoms with E-state index in [9.17, 15) is 4.79 Å². The Balaban J connectivity index is 2.08. The molecule has 3 nitrogen and oxygen atoms in total. The zero-order chi connectivity index (χ0) is 13.0. The van der Waals surface area contributed by atoms with Crippen LogP contribution in [-0.4, -0.2) is 10.9 Å².